The SMILES string of the molecule is CCC(CC)C1=CC2(c3ccc4c(c3-c3ccc5cc(CC(C)C)ccc5c32)C(C)(C)C2=C4C(C)(C)c3ccccc32)C(C2CCCCC2)C(C(CC)CC)=C1. The van der Waals surface area contributed by atoms with Crippen molar-refractivity contribution in [2.75, 3.05) is 0 Å². The zero-order valence-corrected chi connectivity index (χ0v) is 36.5. The summed E-state index contributed by atoms with van der Waals surface area (Å²) in [6.07, 6.45) is 18.5. The van der Waals surface area contributed by atoms with Crippen molar-refractivity contribution in [3.63, 3.8) is 0 Å². The van der Waals surface area contributed by atoms with Crippen LogP contribution in [0.1, 0.15) is 166 Å². The largest absolute Gasteiger partial charge is 0.0654 e. The van der Waals surface area contributed by atoms with Gasteiger partial charge in [-0.1, -0.05) is 173 Å². The topological polar surface area (TPSA) is 0 Å². The first-order valence-corrected chi connectivity index (χ1v) is 23.0. The summed E-state index contributed by atoms with van der Waals surface area (Å²) in [5, 5.41) is 2.92. The maximum absolute atomic E-state index is 2.93. The van der Waals surface area contributed by atoms with Gasteiger partial charge < -0.3 is 0 Å². The fourth-order valence-corrected chi connectivity index (χ4v) is 13.6. The zero-order valence-electron chi connectivity index (χ0n) is 36.5. The molecule has 56 heavy (non-hydrogen) atoms. The first-order valence-electron chi connectivity index (χ1n) is 23.0. The maximum atomic E-state index is 2.93. The minimum absolute atomic E-state index is 0.0403. The number of hydrogen-bond acceptors (Lipinski definition) is 0. The second-order valence-corrected chi connectivity index (χ2v) is 20.2. The van der Waals surface area contributed by atoms with Crippen molar-refractivity contribution >= 4 is 21.9 Å². The third-order valence-electron chi connectivity index (χ3n) is 15.9. The molecule has 1 fully saturated rings. The predicted molar refractivity (Wildman–Crippen MR) is 242 cm³/mol. The molecule has 0 heteroatoms. The van der Waals surface area contributed by atoms with Crippen LogP contribution in [0.5, 0.6) is 0 Å². The maximum Gasteiger partial charge on any atom is 0.0474 e. The molecule has 0 saturated heterocycles. The van der Waals surface area contributed by atoms with Crippen LogP contribution in [0.4, 0.5) is 0 Å². The molecule has 9 rings (SSSR count). The van der Waals surface area contributed by atoms with Gasteiger partial charge in [0, 0.05) is 22.2 Å². The van der Waals surface area contributed by atoms with Crippen LogP contribution in [0.25, 0.3) is 33.0 Å². The van der Waals surface area contributed by atoms with Crippen molar-refractivity contribution in [3.8, 4) is 11.1 Å². The summed E-state index contributed by atoms with van der Waals surface area (Å²) in [7, 11) is 0. The highest BCUT2D eigenvalue weighted by atomic mass is 14.6. The molecular formula is C56H68. The molecule has 0 bridgehead atoms. The monoisotopic (exact) mass is 741 g/mol. The van der Waals surface area contributed by atoms with Crippen LogP contribution in [0.3, 0.4) is 0 Å². The Hall–Kier alpha value is -3.64. The predicted octanol–water partition coefficient (Wildman–Crippen LogP) is 15.7. The normalized spacial score (nSPS) is 23.2. The summed E-state index contributed by atoms with van der Waals surface area (Å²) in [6, 6.07) is 27.4. The molecule has 0 amide bonds. The molecule has 0 aliphatic heterocycles. The van der Waals surface area contributed by atoms with E-state index in [2.05, 4.69) is 148 Å². The van der Waals surface area contributed by atoms with Gasteiger partial charge in [-0.2, -0.15) is 0 Å². The van der Waals surface area contributed by atoms with Gasteiger partial charge in [0.05, 0.1) is 0 Å². The molecule has 4 aromatic rings. The van der Waals surface area contributed by atoms with Crippen molar-refractivity contribution < 1.29 is 0 Å². The summed E-state index contributed by atoms with van der Waals surface area (Å²) in [5.74, 6) is 2.95. The lowest BCUT2D eigenvalue weighted by atomic mass is 9.53. The third kappa shape index (κ3) is 5.22. The molecule has 292 valence electrons. The molecule has 0 heterocycles. The first-order chi connectivity index (χ1) is 26.9. The van der Waals surface area contributed by atoms with E-state index in [0.29, 0.717) is 29.6 Å². The molecule has 4 aromatic carbocycles. The second kappa shape index (κ2) is 13.7. The van der Waals surface area contributed by atoms with Crippen LogP contribution >= 0.6 is 0 Å². The smallest absolute Gasteiger partial charge is 0.0474 e. The minimum Gasteiger partial charge on any atom is -0.0654 e. The minimum atomic E-state index is -0.206. The van der Waals surface area contributed by atoms with E-state index in [1.54, 1.807) is 44.5 Å². The third-order valence-corrected chi connectivity index (χ3v) is 15.9. The number of fused-ring (bicyclic) bond motifs is 12. The van der Waals surface area contributed by atoms with Crippen molar-refractivity contribution in [2.24, 2.45) is 29.6 Å². The second-order valence-electron chi connectivity index (χ2n) is 20.2. The van der Waals surface area contributed by atoms with Gasteiger partial charge >= 0.3 is 0 Å². The highest BCUT2D eigenvalue weighted by Crippen LogP contribution is 2.69. The Balaban J connectivity index is 1.42. The van der Waals surface area contributed by atoms with Crippen LogP contribution in [0.2, 0.25) is 0 Å². The summed E-state index contributed by atoms with van der Waals surface area (Å²) in [5.41, 5.74) is 20.0. The molecule has 0 N–H and O–H groups in total. The standard InChI is InChI=1S/C56H68/c1-11-36(12-2)40-32-45(37(13-3)14-4)49(38-20-16-15-17-21-38)56(33-40)47-29-28-44-51(55(9,10)52-42-22-18-19-23-46(42)54(7,8)53(44)52)48(47)43-27-25-39-31-35(30-34(5)6)24-26-41(39)50(43)56/h18-19,22-29,31-34,36-38,49H,11-17,20-21,30H2,1-10H3. The van der Waals surface area contributed by atoms with E-state index in [1.807, 2.05) is 0 Å². The Labute approximate surface area is 340 Å². The quantitative estimate of drug-likeness (QED) is 0.160. The average Bonchev–Trinajstić information content (AvgIpc) is 3.71. The number of benzene rings is 4. The average molecular weight is 741 g/mol. The Morgan fingerprint density at radius 3 is 2.02 bits per heavy atom. The van der Waals surface area contributed by atoms with Gasteiger partial charge in [0.2, 0.25) is 0 Å². The first kappa shape index (κ1) is 37.9. The van der Waals surface area contributed by atoms with Crippen molar-refractivity contribution in [1.29, 1.82) is 0 Å². The number of hydrogen-bond donors (Lipinski definition) is 0. The van der Waals surface area contributed by atoms with Gasteiger partial charge in [0.1, 0.15) is 0 Å². The van der Waals surface area contributed by atoms with Gasteiger partial charge in [-0.25, -0.2) is 0 Å². The molecule has 5 aliphatic rings. The molecule has 2 unspecified atom stereocenters. The number of allylic oxidation sites excluding steroid dienone is 6. The van der Waals surface area contributed by atoms with Crippen LogP contribution in [-0.4, -0.2) is 0 Å². The summed E-state index contributed by atoms with van der Waals surface area (Å²) in [4.78, 5) is 0. The molecule has 1 spiro atoms. The van der Waals surface area contributed by atoms with Gasteiger partial charge in [-0.15, -0.1) is 0 Å². The molecule has 0 nitrogen and oxygen atoms in total. The van der Waals surface area contributed by atoms with Crippen LogP contribution in [0, 0.1) is 29.6 Å². The molecule has 0 aromatic heterocycles. The molecule has 1 saturated carbocycles. The number of rotatable bonds is 9. The Morgan fingerprint density at radius 1 is 0.643 bits per heavy atom. The Bertz CT molecular complexity index is 2300. The van der Waals surface area contributed by atoms with Crippen LogP contribution < -0.4 is 0 Å². The van der Waals surface area contributed by atoms with Gasteiger partial charge in [0.25, 0.3) is 0 Å². The summed E-state index contributed by atoms with van der Waals surface area (Å²) < 4.78 is 0. The van der Waals surface area contributed by atoms with Crippen molar-refractivity contribution in [2.45, 2.75) is 150 Å². The van der Waals surface area contributed by atoms with Crippen LogP contribution in [0.15, 0.2) is 90.0 Å². The van der Waals surface area contributed by atoms with E-state index in [0.717, 1.165) is 6.42 Å². The Morgan fingerprint density at radius 2 is 1.32 bits per heavy atom. The fourth-order valence-electron chi connectivity index (χ4n) is 13.6. The van der Waals surface area contributed by atoms with Gasteiger partial charge in [0.15, 0.2) is 0 Å². The van der Waals surface area contributed by atoms with E-state index in [4.69, 9.17) is 0 Å². The lowest BCUT2D eigenvalue weighted by Gasteiger charge is -2.49. The molecule has 0 radical (unpaired) electrons. The highest BCUT2D eigenvalue weighted by Gasteiger charge is 2.58. The van der Waals surface area contributed by atoms with E-state index in [-0.39, 0.29) is 16.2 Å². The van der Waals surface area contributed by atoms with Crippen molar-refractivity contribution in [1.82, 2.24) is 0 Å². The highest BCUT2D eigenvalue weighted by molar-refractivity contribution is 6.12. The molecule has 2 atom stereocenters. The summed E-state index contributed by atoms with van der Waals surface area (Å²) >= 11 is 0. The Kier molecular flexibility index (Phi) is 9.30. The zero-order chi connectivity index (χ0) is 39.3. The fraction of sp³-hybridized carbons (Fsp3) is 0.500. The van der Waals surface area contributed by atoms with Crippen LogP contribution in [-0.2, 0) is 22.7 Å². The van der Waals surface area contributed by atoms with Gasteiger partial charge in [-0.3, -0.25) is 0 Å². The molecular weight excluding hydrogens is 673 g/mol. The van der Waals surface area contributed by atoms with Gasteiger partial charge in [-0.05, 0) is 146 Å². The molecule has 5 aliphatic carbocycles. The lowest BCUT2D eigenvalue weighted by Crippen LogP contribution is -2.43. The lowest BCUT2D eigenvalue weighted by molar-refractivity contribution is 0.210. The summed E-state index contributed by atoms with van der Waals surface area (Å²) in [6.45, 7) is 24.6. The van der Waals surface area contributed by atoms with Crippen molar-refractivity contribution in [3.05, 3.63) is 129 Å². The van der Waals surface area contributed by atoms with E-state index in [1.165, 1.54) is 96.4 Å². The van der Waals surface area contributed by atoms with E-state index >= 15 is 0 Å². The van der Waals surface area contributed by atoms with E-state index in [9.17, 15) is 0 Å². The van der Waals surface area contributed by atoms with E-state index < -0.39 is 0 Å².